The maximum Gasteiger partial charge on any atom is 0.472 e. The second kappa shape index (κ2) is 55.4. The summed E-state index contributed by atoms with van der Waals surface area (Å²) in [6.07, 6.45) is 36.3. The number of unbranched alkanes of at least 4 members (excludes halogenated alkanes) is 29. The molecule has 0 bridgehead atoms. The number of phosphoric ester groups is 2. The molecule has 19 heteroatoms. The molecule has 492 valence electrons. The van der Waals surface area contributed by atoms with Gasteiger partial charge in [-0.05, 0) is 43.4 Å². The van der Waals surface area contributed by atoms with E-state index in [0.29, 0.717) is 31.6 Å². The molecule has 0 aromatic carbocycles. The van der Waals surface area contributed by atoms with Crippen LogP contribution in [0.1, 0.15) is 312 Å². The van der Waals surface area contributed by atoms with Crippen molar-refractivity contribution >= 4 is 39.5 Å². The van der Waals surface area contributed by atoms with Crippen LogP contribution in [0.2, 0.25) is 0 Å². The normalized spacial score (nSPS) is 14.7. The van der Waals surface area contributed by atoms with E-state index < -0.39 is 97.5 Å². The van der Waals surface area contributed by atoms with Gasteiger partial charge in [-0.15, -0.1) is 0 Å². The number of hydrogen-bond donors (Lipinski definition) is 3. The van der Waals surface area contributed by atoms with Crippen LogP contribution < -0.4 is 0 Å². The van der Waals surface area contributed by atoms with E-state index in [9.17, 15) is 43.2 Å². The van der Waals surface area contributed by atoms with Crippen LogP contribution in [0.25, 0.3) is 0 Å². The lowest BCUT2D eigenvalue weighted by atomic mass is 10.00. The predicted molar refractivity (Wildman–Crippen MR) is 331 cm³/mol. The average Bonchev–Trinajstić information content (AvgIpc) is 3.46. The molecular weight excluding hydrogens is 1100 g/mol. The zero-order valence-electron chi connectivity index (χ0n) is 53.6. The first-order chi connectivity index (χ1) is 39.8. The first-order valence-corrected chi connectivity index (χ1v) is 36.4. The van der Waals surface area contributed by atoms with Crippen LogP contribution in [0.3, 0.4) is 0 Å². The molecule has 0 fully saturated rings. The lowest BCUT2D eigenvalue weighted by Crippen LogP contribution is -2.30. The van der Waals surface area contributed by atoms with Crippen molar-refractivity contribution in [2.75, 3.05) is 39.6 Å². The molecule has 3 N–H and O–H groups in total. The fraction of sp³-hybridized carbons (Fsp3) is 0.938. The first-order valence-electron chi connectivity index (χ1n) is 33.4. The molecule has 17 nitrogen and oxygen atoms in total. The number of esters is 4. The van der Waals surface area contributed by atoms with Gasteiger partial charge in [-0.2, -0.15) is 0 Å². The number of phosphoric acid groups is 2. The van der Waals surface area contributed by atoms with Gasteiger partial charge in [-0.3, -0.25) is 37.3 Å². The van der Waals surface area contributed by atoms with Gasteiger partial charge in [-0.25, -0.2) is 9.13 Å². The molecule has 0 aliphatic heterocycles. The topological polar surface area (TPSA) is 237 Å². The largest absolute Gasteiger partial charge is 0.472 e. The number of carbonyl (C=O) groups is 4. The van der Waals surface area contributed by atoms with E-state index in [4.69, 9.17) is 37.0 Å². The summed E-state index contributed by atoms with van der Waals surface area (Å²) in [5, 5.41) is 10.5. The van der Waals surface area contributed by atoms with Gasteiger partial charge < -0.3 is 33.8 Å². The van der Waals surface area contributed by atoms with Crippen LogP contribution in [0.5, 0.6) is 0 Å². The summed E-state index contributed by atoms with van der Waals surface area (Å²) in [7, 11) is -9.89. The summed E-state index contributed by atoms with van der Waals surface area (Å²) < 4.78 is 67.9. The van der Waals surface area contributed by atoms with Gasteiger partial charge in [0, 0.05) is 25.7 Å². The monoisotopic (exact) mass is 1230 g/mol. The number of rotatable bonds is 62. The van der Waals surface area contributed by atoms with Crippen molar-refractivity contribution in [1.82, 2.24) is 0 Å². The minimum Gasteiger partial charge on any atom is -0.462 e. The maximum atomic E-state index is 13.0. The number of ether oxygens (including phenoxy) is 4. The minimum atomic E-state index is -4.94. The molecule has 83 heavy (non-hydrogen) atoms. The molecule has 0 aliphatic rings. The van der Waals surface area contributed by atoms with Crippen molar-refractivity contribution in [3.63, 3.8) is 0 Å². The maximum absolute atomic E-state index is 13.0. The zero-order valence-corrected chi connectivity index (χ0v) is 55.4. The van der Waals surface area contributed by atoms with E-state index in [1.165, 1.54) is 109 Å². The summed E-state index contributed by atoms with van der Waals surface area (Å²) in [6.45, 7) is 11.7. The van der Waals surface area contributed by atoms with E-state index in [2.05, 4.69) is 48.5 Å². The molecule has 0 aromatic heterocycles. The van der Waals surface area contributed by atoms with E-state index in [0.717, 1.165) is 115 Å². The van der Waals surface area contributed by atoms with Crippen molar-refractivity contribution in [3.05, 3.63) is 0 Å². The molecule has 3 unspecified atom stereocenters. The van der Waals surface area contributed by atoms with Crippen LogP contribution in [-0.4, -0.2) is 96.7 Å². The second-order valence-corrected chi connectivity index (χ2v) is 27.3. The second-order valence-electron chi connectivity index (χ2n) is 24.3. The zero-order chi connectivity index (χ0) is 61.7. The number of carbonyl (C=O) groups excluding carboxylic acids is 4. The Morgan fingerprint density at radius 3 is 0.916 bits per heavy atom. The Labute approximate surface area is 505 Å². The Morgan fingerprint density at radius 2 is 0.614 bits per heavy atom. The molecule has 0 amide bonds. The van der Waals surface area contributed by atoms with E-state index in [1.807, 2.05) is 0 Å². The number of hydrogen-bond acceptors (Lipinski definition) is 15. The van der Waals surface area contributed by atoms with Gasteiger partial charge in [0.05, 0.1) is 26.4 Å². The SMILES string of the molecule is CCCCCCCCCCC(=O)OC[C@H](COP(=O)(O)OC[C@H](O)COP(=O)(O)OC[C@@H](COC(=O)CCCCCCCCCC(C)C)OC(=O)CCCCCCCCCCCCCCC(C)C)OC(=O)CCCCCCCCC(C)CC. The highest BCUT2D eigenvalue weighted by Crippen LogP contribution is 2.45. The van der Waals surface area contributed by atoms with E-state index >= 15 is 0 Å². The Balaban J connectivity index is 5.23. The fourth-order valence-electron chi connectivity index (χ4n) is 9.45. The van der Waals surface area contributed by atoms with Gasteiger partial charge in [0.25, 0.3) is 0 Å². The summed E-state index contributed by atoms with van der Waals surface area (Å²) in [4.78, 5) is 72.1. The highest BCUT2D eigenvalue weighted by Gasteiger charge is 2.30. The number of aliphatic hydroxyl groups is 1. The highest BCUT2D eigenvalue weighted by atomic mass is 31.2. The molecule has 0 spiro atoms. The van der Waals surface area contributed by atoms with Crippen molar-refractivity contribution in [1.29, 1.82) is 0 Å². The highest BCUT2D eigenvalue weighted by molar-refractivity contribution is 7.47. The minimum absolute atomic E-state index is 0.102. The molecule has 6 atom stereocenters. The molecule has 0 radical (unpaired) electrons. The van der Waals surface area contributed by atoms with Crippen LogP contribution >= 0.6 is 15.6 Å². The van der Waals surface area contributed by atoms with Gasteiger partial charge in [0.2, 0.25) is 0 Å². The molecule has 0 aromatic rings. The smallest absolute Gasteiger partial charge is 0.462 e. The first kappa shape index (κ1) is 81.1. The standard InChI is InChI=1S/C64H124O17P2/c1-8-10-11-12-13-23-31-38-45-61(66)74-52-60(81-64(69)48-41-34-27-26-30-37-44-57(7)9-2)54-79-83(72,73)77-50-58(65)49-76-82(70,71)78-53-59(51-75-62(67)46-39-32-25-20-22-29-36-43-56(5)6)80-63(68)47-40-33-24-19-17-15-14-16-18-21-28-35-42-55(3)4/h55-60,65H,8-54H2,1-7H3,(H,70,71)(H,72,73)/t57?,58-,59-,60-/m1/s1. The van der Waals surface area contributed by atoms with Crippen LogP contribution in [0.15, 0.2) is 0 Å². The summed E-state index contributed by atoms with van der Waals surface area (Å²) in [5.41, 5.74) is 0. The molecular formula is C64H124O17P2. The predicted octanol–water partition coefficient (Wildman–Crippen LogP) is 17.5. The fourth-order valence-corrected chi connectivity index (χ4v) is 11.0. The molecule has 0 aliphatic carbocycles. The summed E-state index contributed by atoms with van der Waals surface area (Å²) >= 11 is 0. The van der Waals surface area contributed by atoms with Gasteiger partial charge in [0.1, 0.15) is 19.3 Å². The third-order valence-electron chi connectivity index (χ3n) is 15.0. The quantitative estimate of drug-likeness (QED) is 0.0222. The van der Waals surface area contributed by atoms with Crippen LogP contribution in [-0.2, 0) is 65.4 Å². The van der Waals surface area contributed by atoms with Crippen LogP contribution in [0, 0.1) is 17.8 Å². The third-order valence-corrected chi connectivity index (χ3v) is 16.9. The molecule has 0 saturated carbocycles. The van der Waals surface area contributed by atoms with Gasteiger partial charge >= 0.3 is 39.5 Å². The summed E-state index contributed by atoms with van der Waals surface area (Å²) in [5.74, 6) is 0.0613. The van der Waals surface area contributed by atoms with Crippen molar-refractivity contribution < 1.29 is 80.2 Å². The van der Waals surface area contributed by atoms with Crippen molar-refractivity contribution in [3.8, 4) is 0 Å². The Kier molecular flexibility index (Phi) is 54.1. The number of aliphatic hydroxyl groups excluding tert-OH is 1. The molecule has 0 rings (SSSR count). The van der Waals surface area contributed by atoms with Gasteiger partial charge in [0.15, 0.2) is 12.2 Å². The van der Waals surface area contributed by atoms with Crippen molar-refractivity contribution in [2.45, 2.75) is 330 Å². The Morgan fingerprint density at radius 1 is 0.349 bits per heavy atom. The summed E-state index contributed by atoms with van der Waals surface area (Å²) in [6, 6.07) is 0. The Hall–Kier alpha value is -1.94. The molecule has 0 saturated heterocycles. The lowest BCUT2D eigenvalue weighted by Gasteiger charge is -2.21. The van der Waals surface area contributed by atoms with Crippen LogP contribution in [0.4, 0.5) is 0 Å². The van der Waals surface area contributed by atoms with Crippen molar-refractivity contribution in [2.24, 2.45) is 17.8 Å². The average molecular weight is 1230 g/mol. The van der Waals surface area contributed by atoms with E-state index in [1.54, 1.807) is 0 Å². The van der Waals surface area contributed by atoms with Gasteiger partial charge in [-0.1, -0.05) is 260 Å². The molecule has 0 heterocycles. The van der Waals surface area contributed by atoms with E-state index in [-0.39, 0.29) is 25.7 Å². The Bertz CT molecular complexity index is 1650. The third kappa shape index (κ3) is 57.6. The lowest BCUT2D eigenvalue weighted by molar-refractivity contribution is -0.161.